The Morgan fingerprint density at radius 2 is 1.54 bits per heavy atom. The molecule has 1 fully saturated rings. The summed E-state index contributed by atoms with van der Waals surface area (Å²) in [6.07, 6.45) is 0.251. The molecular weight excluding hydrogens is 490 g/mol. The molecule has 3 aromatic rings. The predicted molar refractivity (Wildman–Crippen MR) is 144 cm³/mol. The van der Waals surface area contributed by atoms with Gasteiger partial charge in [-0.1, -0.05) is 42.5 Å². The lowest BCUT2D eigenvalue weighted by atomic mass is 10.1. The van der Waals surface area contributed by atoms with Crippen LogP contribution in [0.1, 0.15) is 11.1 Å². The van der Waals surface area contributed by atoms with Crippen molar-refractivity contribution in [3.63, 3.8) is 0 Å². The van der Waals surface area contributed by atoms with E-state index in [4.69, 9.17) is 9.47 Å². The smallest absolute Gasteiger partial charge is 0.241 e. The zero-order valence-corrected chi connectivity index (χ0v) is 22.2. The lowest BCUT2D eigenvalue weighted by Crippen LogP contribution is -2.55. The van der Waals surface area contributed by atoms with Crippen molar-refractivity contribution in [3.05, 3.63) is 83.9 Å². The molecule has 37 heavy (non-hydrogen) atoms. The number of rotatable bonds is 9. The van der Waals surface area contributed by atoms with E-state index < -0.39 is 16.1 Å². The largest absolute Gasteiger partial charge is 0.496 e. The van der Waals surface area contributed by atoms with Gasteiger partial charge in [0.05, 0.1) is 24.8 Å². The first-order valence-electron chi connectivity index (χ1n) is 12.2. The highest BCUT2D eigenvalue weighted by Gasteiger charge is 2.32. The number of benzene rings is 3. The van der Waals surface area contributed by atoms with Crippen molar-refractivity contribution in [2.45, 2.75) is 24.3 Å². The lowest BCUT2D eigenvalue weighted by molar-refractivity contribution is -0.133. The van der Waals surface area contributed by atoms with Crippen LogP contribution in [0.3, 0.4) is 0 Å². The number of carbonyl (C=O) groups excluding carboxylic acids is 1. The average Bonchev–Trinajstić information content (AvgIpc) is 2.92. The van der Waals surface area contributed by atoms with Crippen LogP contribution in [0.5, 0.6) is 11.5 Å². The molecule has 1 saturated heterocycles. The number of nitrogens with one attached hydrogen (secondary N) is 1. The van der Waals surface area contributed by atoms with Crippen LogP contribution in [0, 0.1) is 6.92 Å². The molecule has 4 rings (SSSR count). The van der Waals surface area contributed by atoms with Gasteiger partial charge in [-0.3, -0.25) is 4.79 Å². The van der Waals surface area contributed by atoms with Crippen LogP contribution >= 0.6 is 0 Å². The Kier molecular flexibility index (Phi) is 8.35. The van der Waals surface area contributed by atoms with Gasteiger partial charge in [-0.2, -0.15) is 4.72 Å². The van der Waals surface area contributed by atoms with Crippen molar-refractivity contribution in [2.24, 2.45) is 0 Å². The maximum Gasteiger partial charge on any atom is 0.241 e. The zero-order chi connectivity index (χ0) is 26.4. The molecule has 8 nitrogen and oxygen atoms in total. The third kappa shape index (κ3) is 6.23. The molecular formula is C28H33N3O5S. The fourth-order valence-electron chi connectivity index (χ4n) is 4.58. The van der Waals surface area contributed by atoms with E-state index in [1.807, 2.05) is 54.6 Å². The number of anilines is 1. The first-order valence-corrected chi connectivity index (χ1v) is 13.7. The molecule has 1 aliphatic heterocycles. The molecule has 1 amide bonds. The van der Waals surface area contributed by atoms with Crippen LogP contribution < -0.4 is 19.1 Å². The number of carbonyl (C=O) groups is 1. The Bertz CT molecular complexity index is 1320. The minimum Gasteiger partial charge on any atom is -0.496 e. The van der Waals surface area contributed by atoms with Gasteiger partial charge in [-0.25, -0.2) is 8.42 Å². The summed E-state index contributed by atoms with van der Waals surface area (Å²) < 4.78 is 40.1. The van der Waals surface area contributed by atoms with Crippen LogP contribution in [0.2, 0.25) is 0 Å². The molecule has 3 aromatic carbocycles. The van der Waals surface area contributed by atoms with E-state index >= 15 is 0 Å². The second-order valence-electron chi connectivity index (χ2n) is 8.98. The van der Waals surface area contributed by atoms with Crippen molar-refractivity contribution in [1.29, 1.82) is 0 Å². The fourth-order valence-corrected chi connectivity index (χ4v) is 5.86. The van der Waals surface area contributed by atoms with Gasteiger partial charge in [-0.15, -0.1) is 0 Å². The summed E-state index contributed by atoms with van der Waals surface area (Å²) in [5.74, 6) is 1.15. The van der Waals surface area contributed by atoms with Crippen LogP contribution in [0.25, 0.3) is 0 Å². The first kappa shape index (κ1) is 26.5. The summed E-state index contributed by atoms with van der Waals surface area (Å²) in [4.78, 5) is 17.7. The number of aryl methyl sites for hydroxylation is 1. The molecule has 9 heteroatoms. The van der Waals surface area contributed by atoms with Gasteiger partial charge in [0.1, 0.15) is 17.5 Å². The Labute approximate surface area is 218 Å². The number of piperazine rings is 1. The third-order valence-corrected chi connectivity index (χ3v) is 8.04. The fraction of sp³-hybridized carbons (Fsp3) is 0.321. The number of para-hydroxylation sites is 2. The van der Waals surface area contributed by atoms with E-state index in [-0.39, 0.29) is 17.2 Å². The molecule has 196 valence electrons. The molecule has 0 spiro atoms. The Balaban J connectivity index is 1.53. The quantitative estimate of drug-likeness (QED) is 0.463. The Morgan fingerprint density at radius 1 is 0.892 bits per heavy atom. The molecule has 1 heterocycles. The average molecular weight is 524 g/mol. The molecule has 1 aliphatic rings. The summed E-state index contributed by atoms with van der Waals surface area (Å²) in [6, 6.07) is 21.0. The number of hydrogen-bond donors (Lipinski definition) is 1. The number of sulfonamides is 1. The highest BCUT2D eigenvalue weighted by atomic mass is 32.2. The van der Waals surface area contributed by atoms with Crippen molar-refractivity contribution >= 4 is 21.6 Å². The Morgan fingerprint density at radius 3 is 2.19 bits per heavy atom. The molecule has 0 bridgehead atoms. The van der Waals surface area contributed by atoms with Gasteiger partial charge < -0.3 is 19.3 Å². The summed E-state index contributed by atoms with van der Waals surface area (Å²) in [7, 11) is -0.773. The predicted octanol–water partition coefficient (Wildman–Crippen LogP) is 3.25. The normalized spacial score (nSPS) is 14.8. The topological polar surface area (TPSA) is 88.2 Å². The summed E-state index contributed by atoms with van der Waals surface area (Å²) in [5, 5.41) is 0. The van der Waals surface area contributed by atoms with E-state index in [0.29, 0.717) is 37.5 Å². The molecule has 0 aromatic heterocycles. The molecule has 1 N–H and O–H groups in total. The number of methoxy groups -OCH3 is 2. The highest BCUT2D eigenvalue weighted by molar-refractivity contribution is 7.89. The second kappa shape index (κ2) is 11.7. The lowest BCUT2D eigenvalue weighted by Gasteiger charge is -2.38. The molecule has 0 saturated carbocycles. The van der Waals surface area contributed by atoms with Crippen LogP contribution in [-0.2, 0) is 21.2 Å². The second-order valence-corrected chi connectivity index (χ2v) is 10.7. The number of nitrogens with zero attached hydrogens (tertiary/aromatic N) is 2. The van der Waals surface area contributed by atoms with E-state index in [0.717, 1.165) is 17.0 Å². The minimum absolute atomic E-state index is 0.0950. The third-order valence-electron chi connectivity index (χ3n) is 6.57. The van der Waals surface area contributed by atoms with Gasteiger partial charge in [0.2, 0.25) is 15.9 Å². The van der Waals surface area contributed by atoms with Gasteiger partial charge in [0.25, 0.3) is 0 Å². The van der Waals surface area contributed by atoms with E-state index in [1.165, 1.54) is 13.2 Å². The van der Waals surface area contributed by atoms with Crippen LogP contribution in [-0.4, -0.2) is 65.7 Å². The van der Waals surface area contributed by atoms with E-state index in [9.17, 15) is 13.2 Å². The minimum atomic E-state index is -3.95. The van der Waals surface area contributed by atoms with Crippen molar-refractivity contribution in [3.8, 4) is 11.5 Å². The van der Waals surface area contributed by atoms with Crippen LogP contribution in [0.15, 0.2) is 77.7 Å². The van der Waals surface area contributed by atoms with Crippen molar-refractivity contribution in [1.82, 2.24) is 9.62 Å². The van der Waals surface area contributed by atoms with Gasteiger partial charge >= 0.3 is 0 Å². The first-order chi connectivity index (χ1) is 17.8. The molecule has 0 radical (unpaired) electrons. The van der Waals surface area contributed by atoms with Gasteiger partial charge in [-0.05, 0) is 54.8 Å². The Hall–Kier alpha value is -3.56. The van der Waals surface area contributed by atoms with E-state index in [1.54, 1.807) is 31.1 Å². The standard InChI is InChI=1S/C28H33N3O5S/c1-21-19-23(13-14-26(21)35-2)37(33,34)29-24(20-22-9-5-4-6-10-22)28(32)31-17-15-30(16-18-31)25-11-7-8-12-27(25)36-3/h4-14,19,24,29H,15-18,20H2,1-3H3. The summed E-state index contributed by atoms with van der Waals surface area (Å²) in [5.41, 5.74) is 2.56. The van der Waals surface area contributed by atoms with Crippen LogP contribution in [0.4, 0.5) is 5.69 Å². The maximum absolute atomic E-state index is 13.7. The summed E-state index contributed by atoms with van der Waals surface area (Å²) >= 11 is 0. The van der Waals surface area contributed by atoms with E-state index in [2.05, 4.69) is 9.62 Å². The number of hydrogen-bond acceptors (Lipinski definition) is 6. The van der Waals surface area contributed by atoms with Crippen molar-refractivity contribution < 1.29 is 22.7 Å². The SMILES string of the molecule is COc1ccc(S(=O)(=O)NC(Cc2ccccc2)C(=O)N2CCN(c3ccccc3OC)CC2)cc1C. The molecule has 1 atom stereocenters. The maximum atomic E-state index is 13.7. The monoisotopic (exact) mass is 523 g/mol. The van der Waals surface area contributed by atoms with Gasteiger partial charge in [0, 0.05) is 26.2 Å². The number of amides is 1. The zero-order valence-electron chi connectivity index (χ0n) is 21.4. The molecule has 1 unspecified atom stereocenters. The van der Waals surface area contributed by atoms with Crippen molar-refractivity contribution in [2.75, 3.05) is 45.3 Å². The highest BCUT2D eigenvalue weighted by Crippen LogP contribution is 2.28. The van der Waals surface area contributed by atoms with Gasteiger partial charge in [0.15, 0.2) is 0 Å². The number of ether oxygens (including phenoxy) is 2. The molecule has 0 aliphatic carbocycles. The summed E-state index contributed by atoms with van der Waals surface area (Å²) in [6.45, 7) is 3.98.